The minimum Gasteiger partial charge on any atom is -0.335 e. The second-order valence-electron chi connectivity index (χ2n) is 5.62. The lowest BCUT2D eigenvalue weighted by atomic mass is 9.99. The first-order chi connectivity index (χ1) is 8.81. The van der Waals surface area contributed by atoms with Crippen molar-refractivity contribution >= 4 is 34.5 Å². The highest BCUT2D eigenvalue weighted by atomic mass is 79.9. The molecule has 1 fully saturated rings. The van der Waals surface area contributed by atoms with Crippen LogP contribution < -0.4 is 0 Å². The number of piperazine rings is 1. The maximum Gasteiger partial charge on any atom is 0.255 e. The van der Waals surface area contributed by atoms with Gasteiger partial charge in [0.05, 0.1) is 5.56 Å². The van der Waals surface area contributed by atoms with Crippen molar-refractivity contribution in [3.8, 4) is 0 Å². The third kappa shape index (κ3) is 3.15. The SMILES string of the molecule is CN1CCN(C(=O)c2ccc(Br)cc2S)CC1(C)C. The van der Waals surface area contributed by atoms with Gasteiger partial charge >= 0.3 is 0 Å². The molecule has 1 aromatic rings. The Bertz CT molecular complexity index is 504. The second kappa shape index (κ2) is 5.46. The number of carbonyl (C=O) groups is 1. The minimum absolute atomic E-state index is 0.0139. The molecule has 0 bridgehead atoms. The molecule has 1 aromatic carbocycles. The van der Waals surface area contributed by atoms with Gasteiger partial charge in [0.15, 0.2) is 0 Å². The topological polar surface area (TPSA) is 23.6 Å². The van der Waals surface area contributed by atoms with E-state index in [9.17, 15) is 4.79 Å². The van der Waals surface area contributed by atoms with Gasteiger partial charge in [-0.1, -0.05) is 15.9 Å². The summed E-state index contributed by atoms with van der Waals surface area (Å²) in [5.74, 6) is 0.0682. The molecule has 1 amide bonds. The highest BCUT2D eigenvalue weighted by Crippen LogP contribution is 2.24. The molecule has 0 atom stereocenters. The van der Waals surface area contributed by atoms with Crippen LogP contribution in [0.1, 0.15) is 24.2 Å². The van der Waals surface area contributed by atoms with E-state index in [0.717, 1.165) is 29.0 Å². The van der Waals surface area contributed by atoms with Gasteiger partial charge in [-0.15, -0.1) is 12.6 Å². The molecule has 5 heteroatoms. The van der Waals surface area contributed by atoms with Gasteiger partial charge in [0.2, 0.25) is 0 Å². The molecule has 0 unspecified atom stereocenters. The van der Waals surface area contributed by atoms with E-state index in [4.69, 9.17) is 0 Å². The summed E-state index contributed by atoms with van der Waals surface area (Å²) in [6.45, 7) is 6.73. The predicted octanol–water partition coefficient (Wildman–Crippen LogP) is 2.90. The van der Waals surface area contributed by atoms with E-state index in [0.29, 0.717) is 5.56 Å². The van der Waals surface area contributed by atoms with Crippen LogP contribution in [0.2, 0.25) is 0 Å². The molecule has 2 rings (SSSR count). The van der Waals surface area contributed by atoms with Crippen LogP contribution in [0.15, 0.2) is 27.6 Å². The summed E-state index contributed by atoms with van der Waals surface area (Å²) in [4.78, 5) is 17.5. The van der Waals surface area contributed by atoms with Crippen molar-refractivity contribution in [3.63, 3.8) is 0 Å². The number of halogens is 1. The lowest BCUT2D eigenvalue weighted by Crippen LogP contribution is -2.58. The predicted molar refractivity (Wildman–Crippen MR) is 84.0 cm³/mol. The smallest absolute Gasteiger partial charge is 0.255 e. The van der Waals surface area contributed by atoms with Crippen molar-refractivity contribution in [2.24, 2.45) is 0 Å². The monoisotopic (exact) mass is 342 g/mol. The first kappa shape index (κ1) is 14.9. The van der Waals surface area contributed by atoms with Gasteiger partial charge in [-0.2, -0.15) is 0 Å². The molecule has 104 valence electrons. The number of hydrogen-bond donors (Lipinski definition) is 1. The summed E-state index contributed by atoms with van der Waals surface area (Å²) >= 11 is 7.79. The molecule has 1 heterocycles. The highest BCUT2D eigenvalue weighted by molar-refractivity contribution is 9.10. The maximum absolute atomic E-state index is 12.6. The van der Waals surface area contributed by atoms with Crippen molar-refractivity contribution < 1.29 is 4.79 Å². The summed E-state index contributed by atoms with van der Waals surface area (Å²) < 4.78 is 0.938. The molecule has 3 nitrogen and oxygen atoms in total. The lowest BCUT2D eigenvalue weighted by molar-refractivity contribution is 0.0309. The van der Waals surface area contributed by atoms with E-state index in [1.165, 1.54) is 0 Å². The van der Waals surface area contributed by atoms with E-state index in [1.807, 2.05) is 23.1 Å². The van der Waals surface area contributed by atoms with E-state index in [-0.39, 0.29) is 11.4 Å². The number of hydrogen-bond acceptors (Lipinski definition) is 3. The standard InChI is InChI=1S/C14H19BrN2OS/c1-14(2)9-17(7-6-16(14)3)13(18)11-5-4-10(15)8-12(11)19/h4-5,8,19H,6-7,9H2,1-3H3. The number of nitrogens with zero attached hydrogens (tertiary/aromatic N) is 2. The van der Waals surface area contributed by atoms with E-state index in [2.05, 4.69) is 54.4 Å². The first-order valence-corrected chi connectivity index (χ1v) is 7.54. The fraction of sp³-hybridized carbons (Fsp3) is 0.500. The Labute approximate surface area is 128 Å². The largest absolute Gasteiger partial charge is 0.335 e. The molecule has 0 aliphatic carbocycles. The maximum atomic E-state index is 12.6. The van der Waals surface area contributed by atoms with Crippen LogP contribution in [0.4, 0.5) is 0 Å². The number of benzene rings is 1. The quantitative estimate of drug-likeness (QED) is 0.793. The summed E-state index contributed by atoms with van der Waals surface area (Å²) in [6, 6.07) is 5.58. The van der Waals surface area contributed by atoms with Crippen molar-refractivity contribution in [1.29, 1.82) is 0 Å². The van der Waals surface area contributed by atoms with Crippen LogP contribution in [-0.4, -0.2) is 47.9 Å². The van der Waals surface area contributed by atoms with Crippen molar-refractivity contribution in [2.45, 2.75) is 24.3 Å². The minimum atomic E-state index is 0.0139. The summed E-state index contributed by atoms with van der Waals surface area (Å²) in [6.07, 6.45) is 0. The average Bonchev–Trinajstić information content (AvgIpc) is 2.32. The zero-order valence-corrected chi connectivity index (χ0v) is 14.0. The molecule has 0 radical (unpaired) electrons. The van der Waals surface area contributed by atoms with Crippen LogP contribution in [0.5, 0.6) is 0 Å². The van der Waals surface area contributed by atoms with Crippen LogP contribution in [0.3, 0.4) is 0 Å². The Morgan fingerprint density at radius 2 is 2.05 bits per heavy atom. The first-order valence-electron chi connectivity index (χ1n) is 6.30. The molecule has 0 aromatic heterocycles. The Morgan fingerprint density at radius 1 is 1.37 bits per heavy atom. The molecule has 0 spiro atoms. The van der Waals surface area contributed by atoms with Crippen molar-refractivity contribution in [2.75, 3.05) is 26.7 Å². The van der Waals surface area contributed by atoms with Gasteiger partial charge in [-0.25, -0.2) is 0 Å². The number of rotatable bonds is 1. The Hall–Kier alpha value is -0.520. The summed E-state index contributed by atoms with van der Waals surface area (Å²) in [5.41, 5.74) is 0.687. The van der Waals surface area contributed by atoms with Gasteiger partial charge in [0.1, 0.15) is 0 Å². The van der Waals surface area contributed by atoms with Crippen LogP contribution in [-0.2, 0) is 0 Å². The molecule has 0 N–H and O–H groups in total. The Morgan fingerprint density at radius 3 is 2.63 bits per heavy atom. The molecule has 19 heavy (non-hydrogen) atoms. The highest BCUT2D eigenvalue weighted by Gasteiger charge is 2.33. The van der Waals surface area contributed by atoms with Gasteiger partial charge < -0.3 is 4.90 Å². The van der Waals surface area contributed by atoms with Gasteiger partial charge in [-0.3, -0.25) is 9.69 Å². The van der Waals surface area contributed by atoms with Crippen molar-refractivity contribution in [3.05, 3.63) is 28.2 Å². The molecule has 1 aliphatic rings. The summed E-state index contributed by atoms with van der Waals surface area (Å²) in [5, 5.41) is 0. The third-order valence-corrected chi connectivity index (χ3v) is 4.66. The van der Waals surface area contributed by atoms with Crippen LogP contribution in [0, 0.1) is 0 Å². The number of amides is 1. The number of likely N-dealkylation sites (N-methyl/N-ethyl adjacent to an activating group) is 1. The van der Waals surface area contributed by atoms with Crippen LogP contribution >= 0.6 is 28.6 Å². The fourth-order valence-electron chi connectivity index (χ4n) is 2.27. The normalized spacial score (nSPS) is 19.5. The van der Waals surface area contributed by atoms with Gasteiger partial charge in [0.25, 0.3) is 5.91 Å². The zero-order valence-electron chi connectivity index (χ0n) is 11.5. The second-order valence-corrected chi connectivity index (χ2v) is 7.02. The van der Waals surface area contributed by atoms with Gasteiger partial charge in [-0.05, 0) is 39.1 Å². The molecule has 1 aliphatic heterocycles. The van der Waals surface area contributed by atoms with Gasteiger partial charge in [0, 0.05) is 34.5 Å². The van der Waals surface area contributed by atoms with Crippen molar-refractivity contribution in [1.82, 2.24) is 9.80 Å². The fourth-order valence-corrected chi connectivity index (χ4v) is 3.12. The Kier molecular flexibility index (Phi) is 4.28. The Balaban J connectivity index is 2.21. The average molecular weight is 343 g/mol. The molecular weight excluding hydrogens is 324 g/mol. The van der Waals surface area contributed by atoms with E-state index >= 15 is 0 Å². The molecule has 1 saturated heterocycles. The molecular formula is C14H19BrN2OS. The summed E-state index contributed by atoms with van der Waals surface area (Å²) in [7, 11) is 2.10. The lowest BCUT2D eigenvalue weighted by Gasteiger charge is -2.45. The molecule has 0 saturated carbocycles. The zero-order chi connectivity index (χ0) is 14.2. The van der Waals surface area contributed by atoms with E-state index in [1.54, 1.807) is 0 Å². The van der Waals surface area contributed by atoms with Crippen LogP contribution in [0.25, 0.3) is 0 Å². The van der Waals surface area contributed by atoms with E-state index < -0.39 is 0 Å². The number of thiol groups is 1. The number of carbonyl (C=O) groups excluding carboxylic acids is 1. The third-order valence-electron chi connectivity index (χ3n) is 3.79.